The lowest BCUT2D eigenvalue weighted by molar-refractivity contribution is -0.122. The highest BCUT2D eigenvalue weighted by molar-refractivity contribution is 6.13. The van der Waals surface area contributed by atoms with Crippen molar-refractivity contribution in [1.82, 2.24) is 0 Å². The van der Waals surface area contributed by atoms with Crippen molar-refractivity contribution in [1.29, 1.82) is 0 Å². The summed E-state index contributed by atoms with van der Waals surface area (Å²) in [6.07, 6.45) is 3.77. The number of carbonyl (C=O) groups excluding carboxylic acids is 2. The zero-order valence-corrected chi connectivity index (χ0v) is 16.2. The van der Waals surface area contributed by atoms with Crippen LogP contribution < -0.4 is 4.74 Å². The Morgan fingerprint density at radius 3 is 2.43 bits per heavy atom. The molecule has 0 bridgehead atoms. The molecule has 4 heteroatoms. The van der Waals surface area contributed by atoms with Gasteiger partial charge in [0.25, 0.3) is 0 Å². The number of ether oxygens (including phenoxy) is 1. The third-order valence-corrected chi connectivity index (χ3v) is 6.07. The van der Waals surface area contributed by atoms with Gasteiger partial charge >= 0.3 is 0 Å². The molecule has 2 aromatic carbocycles. The van der Waals surface area contributed by atoms with Gasteiger partial charge in [-0.05, 0) is 55.7 Å². The number of fused-ring (bicyclic) bond motifs is 3. The highest BCUT2D eigenvalue weighted by atomic mass is 16.5. The van der Waals surface area contributed by atoms with Gasteiger partial charge in [0.1, 0.15) is 5.75 Å². The van der Waals surface area contributed by atoms with Gasteiger partial charge in [-0.25, -0.2) is 0 Å². The number of rotatable bonds is 3. The maximum absolute atomic E-state index is 13.0. The van der Waals surface area contributed by atoms with Crippen LogP contribution in [0.25, 0.3) is 0 Å². The Balaban J connectivity index is 1.96. The lowest BCUT2D eigenvalue weighted by atomic mass is 9.55. The van der Waals surface area contributed by atoms with E-state index in [1.54, 1.807) is 31.4 Å². The molecule has 0 aromatic heterocycles. The molecule has 2 unspecified atom stereocenters. The molecule has 28 heavy (non-hydrogen) atoms. The monoisotopic (exact) mass is 374 g/mol. The minimum Gasteiger partial charge on any atom is -0.504 e. The Kier molecular flexibility index (Phi) is 4.03. The van der Waals surface area contributed by atoms with Crippen molar-refractivity contribution >= 4 is 11.6 Å². The maximum Gasteiger partial charge on any atom is 0.227 e. The first-order valence-electron chi connectivity index (χ1n) is 9.26. The van der Waals surface area contributed by atoms with E-state index in [4.69, 9.17) is 4.74 Å². The van der Waals surface area contributed by atoms with Gasteiger partial charge in [0.15, 0.2) is 11.5 Å². The van der Waals surface area contributed by atoms with Gasteiger partial charge in [-0.2, -0.15) is 0 Å². The van der Waals surface area contributed by atoms with E-state index < -0.39 is 16.6 Å². The van der Waals surface area contributed by atoms with Gasteiger partial charge in [-0.15, -0.1) is 0 Å². The number of benzene rings is 2. The van der Waals surface area contributed by atoms with Crippen LogP contribution >= 0.6 is 0 Å². The molecule has 142 valence electrons. The molecule has 2 aromatic rings. The summed E-state index contributed by atoms with van der Waals surface area (Å²) in [5.41, 5.74) is 0.811. The third kappa shape index (κ3) is 2.44. The summed E-state index contributed by atoms with van der Waals surface area (Å²) < 4.78 is 5.35. The number of aliphatic hydroxyl groups excluding tert-OH is 1. The van der Waals surface area contributed by atoms with Gasteiger partial charge < -0.3 is 9.84 Å². The average molecular weight is 374 g/mol. The number of methoxy groups -OCH3 is 1. The lowest BCUT2D eigenvalue weighted by Gasteiger charge is -2.46. The van der Waals surface area contributed by atoms with Gasteiger partial charge in [-0.3, -0.25) is 9.59 Å². The molecule has 0 saturated carbocycles. The Hall–Kier alpha value is -3.14. The molecule has 2 aliphatic carbocycles. The Morgan fingerprint density at radius 1 is 1.04 bits per heavy atom. The highest BCUT2D eigenvalue weighted by Crippen LogP contribution is 2.53. The van der Waals surface area contributed by atoms with Crippen molar-refractivity contribution in [3.05, 3.63) is 88.7 Å². The van der Waals surface area contributed by atoms with Crippen LogP contribution in [-0.4, -0.2) is 23.8 Å². The van der Waals surface area contributed by atoms with Crippen molar-refractivity contribution in [2.24, 2.45) is 5.41 Å². The fraction of sp³-hybridized carbons (Fsp3) is 0.250. The van der Waals surface area contributed by atoms with Gasteiger partial charge in [-0.1, -0.05) is 36.4 Å². The fourth-order valence-electron chi connectivity index (χ4n) is 4.64. The van der Waals surface area contributed by atoms with E-state index in [1.807, 2.05) is 50.2 Å². The van der Waals surface area contributed by atoms with E-state index in [0.717, 1.165) is 11.1 Å². The summed E-state index contributed by atoms with van der Waals surface area (Å²) in [7, 11) is 1.57. The van der Waals surface area contributed by atoms with Gasteiger partial charge in [0.2, 0.25) is 5.78 Å². The molecule has 2 atom stereocenters. The second kappa shape index (κ2) is 6.20. The molecule has 4 nitrogen and oxygen atoms in total. The fourth-order valence-corrected chi connectivity index (χ4v) is 4.64. The summed E-state index contributed by atoms with van der Waals surface area (Å²) in [5.74, 6) is -0.262. The summed E-state index contributed by atoms with van der Waals surface area (Å²) in [4.78, 5) is 26.0. The van der Waals surface area contributed by atoms with Crippen LogP contribution in [0.2, 0.25) is 0 Å². The number of carbonyl (C=O) groups is 2. The lowest BCUT2D eigenvalue weighted by Crippen LogP contribution is -2.47. The van der Waals surface area contributed by atoms with Crippen molar-refractivity contribution < 1.29 is 19.4 Å². The first kappa shape index (κ1) is 18.2. The average Bonchev–Trinajstić information content (AvgIpc) is 2.70. The van der Waals surface area contributed by atoms with Crippen molar-refractivity contribution in [2.45, 2.75) is 25.7 Å². The second-order valence-corrected chi connectivity index (χ2v) is 7.86. The van der Waals surface area contributed by atoms with E-state index in [-0.39, 0.29) is 11.5 Å². The van der Waals surface area contributed by atoms with Crippen LogP contribution in [0.4, 0.5) is 0 Å². The Labute approximate surface area is 164 Å². The van der Waals surface area contributed by atoms with Crippen LogP contribution in [0.5, 0.6) is 5.75 Å². The number of hydrogen-bond acceptors (Lipinski definition) is 4. The Morgan fingerprint density at radius 2 is 1.75 bits per heavy atom. The third-order valence-electron chi connectivity index (χ3n) is 6.07. The molecular formula is C24H22O4. The summed E-state index contributed by atoms with van der Waals surface area (Å²) >= 11 is 0. The maximum atomic E-state index is 13.0. The molecule has 0 spiro atoms. The second-order valence-electron chi connectivity index (χ2n) is 7.86. The predicted molar refractivity (Wildman–Crippen MR) is 107 cm³/mol. The summed E-state index contributed by atoms with van der Waals surface area (Å²) in [6, 6.07) is 14.9. The predicted octanol–water partition coefficient (Wildman–Crippen LogP) is 4.35. The van der Waals surface area contributed by atoms with Crippen molar-refractivity contribution in [3.63, 3.8) is 0 Å². The topological polar surface area (TPSA) is 63.6 Å². The molecule has 1 N–H and O–H groups in total. The van der Waals surface area contributed by atoms with Crippen molar-refractivity contribution in [2.75, 3.05) is 7.11 Å². The molecule has 0 aliphatic heterocycles. The van der Waals surface area contributed by atoms with E-state index in [1.165, 1.54) is 0 Å². The molecule has 0 amide bonds. The van der Waals surface area contributed by atoms with E-state index >= 15 is 0 Å². The van der Waals surface area contributed by atoms with E-state index in [0.29, 0.717) is 23.3 Å². The number of Topliss-reactive ketones (excluding diaryl/α,β-unsaturated/α-hetero) is 1. The molecule has 4 rings (SSSR count). The smallest absolute Gasteiger partial charge is 0.227 e. The van der Waals surface area contributed by atoms with Gasteiger partial charge in [0, 0.05) is 16.6 Å². The summed E-state index contributed by atoms with van der Waals surface area (Å²) in [6.45, 7) is 3.75. The number of hydrogen-bond donors (Lipinski definition) is 1. The zero-order chi connectivity index (χ0) is 20.1. The van der Waals surface area contributed by atoms with Crippen LogP contribution in [-0.2, 0) is 16.6 Å². The number of allylic oxidation sites excluding steroid dienone is 4. The highest BCUT2D eigenvalue weighted by Gasteiger charge is 2.53. The molecule has 0 fully saturated rings. The summed E-state index contributed by atoms with van der Waals surface area (Å²) in [5, 5.41) is 11.0. The first-order valence-corrected chi connectivity index (χ1v) is 9.26. The molecule has 2 aliphatic rings. The number of aliphatic hydroxyl groups is 1. The normalized spacial score (nSPS) is 26.1. The van der Waals surface area contributed by atoms with E-state index in [9.17, 15) is 14.7 Å². The van der Waals surface area contributed by atoms with Crippen molar-refractivity contribution in [3.8, 4) is 5.75 Å². The first-order chi connectivity index (χ1) is 13.3. The van der Waals surface area contributed by atoms with Crippen LogP contribution in [0.3, 0.4) is 0 Å². The zero-order valence-electron chi connectivity index (χ0n) is 16.2. The number of ketones is 2. The molecular weight excluding hydrogens is 352 g/mol. The minimum atomic E-state index is -1.02. The quantitative estimate of drug-likeness (QED) is 0.868. The SMILES string of the molecule is COc1ccc2c(c1)C1(C)C=CC(=O)C(C)(Cc3ccccc3)C1=C(O)C2=O. The largest absolute Gasteiger partial charge is 0.504 e. The molecule has 0 saturated heterocycles. The minimum absolute atomic E-state index is 0.116. The van der Waals surface area contributed by atoms with Crippen LogP contribution in [0.1, 0.15) is 35.3 Å². The Bertz CT molecular complexity index is 1050. The standard InChI is InChI=1S/C24H22O4/c1-23-12-11-19(25)24(2,14-15-7-5-4-6-8-15)22(23)21(27)20(26)17-10-9-16(28-3)13-18(17)23/h4-13,27H,14H2,1-3H3. The van der Waals surface area contributed by atoms with E-state index in [2.05, 4.69) is 0 Å². The molecule has 0 radical (unpaired) electrons. The van der Waals surface area contributed by atoms with Gasteiger partial charge in [0.05, 0.1) is 12.5 Å². The van der Waals surface area contributed by atoms with Crippen LogP contribution in [0.15, 0.2) is 72.0 Å². The molecule has 0 heterocycles. The van der Waals surface area contributed by atoms with Crippen LogP contribution in [0, 0.1) is 5.41 Å².